The lowest BCUT2D eigenvalue weighted by molar-refractivity contribution is 0.228. The van der Waals surface area contributed by atoms with Crippen molar-refractivity contribution >= 4 is 274 Å². The van der Waals surface area contributed by atoms with Crippen LogP contribution in [-0.4, -0.2) is 281 Å². The van der Waals surface area contributed by atoms with Crippen LogP contribution in [0.5, 0.6) is 0 Å². The number of hydrogen-bond donors (Lipinski definition) is 0. The summed E-state index contributed by atoms with van der Waals surface area (Å²) in [6.45, 7) is 134. The second-order valence-electron chi connectivity index (χ2n) is 48.1. The third kappa shape index (κ3) is 62.1. The molecule has 0 aromatic rings. The normalized spacial score (nSPS) is 16.2. The zero-order chi connectivity index (χ0) is 104. The van der Waals surface area contributed by atoms with Gasteiger partial charge in [-0.1, -0.05) is 0 Å². The minimum absolute atomic E-state index is 0.596. The Morgan fingerprint density at radius 1 is 0.108 bits per heavy atom. The Kier molecular flexibility index (Phi) is 48.4. The number of rotatable bonds is 64. The van der Waals surface area contributed by atoms with Gasteiger partial charge in [-0.2, -0.15) is 0 Å². The van der Waals surface area contributed by atoms with Gasteiger partial charge in [-0.05, 0) is 426 Å². The van der Waals surface area contributed by atoms with Gasteiger partial charge in [0.15, 0.2) is 9.04 Å². The third-order valence-corrected chi connectivity index (χ3v) is 139. The lowest BCUT2D eigenvalue weighted by atomic mass is 10.9. The van der Waals surface area contributed by atoms with Gasteiger partial charge < -0.3 is 132 Å². The Bertz CT molecular complexity index is 3350. The van der Waals surface area contributed by atoms with E-state index in [9.17, 15) is 0 Å². The Morgan fingerprint density at radius 3 is 0.231 bits per heavy atom. The summed E-state index contributed by atoms with van der Waals surface area (Å²) in [7, 11) is -89.2. The van der Waals surface area contributed by atoms with Crippen LogP contribution < -0.4 is 0 Å². The molecule has 782 valence electrons. The lowest BCUT2D eigenvalue weighted by Gasteiger charge is -2.45. The molecule has 0 N–H and O–H groups in total. The van der Waals surface area contributed by atoms with Crippen LogP contribution >= 0.6 is 0 Å². The van der Waals surface area contributed by atoms with Crippen molar-refractivity contribution < 1.29 is 132 Å². The molecule has 64 heteroatoms. The summed E-state index contributed by atoms with van der Waals surface area (Å²) in [5, 5.41) is 0. The van der Waals surface area contributed by atoms with Crippen molar-refractivity contribution in [3.05, 3.63) is 0 Å². The summed E-state index contributed by atoms with van der Waals surface area (Å²) in [6.07, 6.45) is 0. The summed E-state index contributed by atoms with van der Waals surface area (Å²) >= 11 is 0. The summed E-state index contributed by atoms with van der Waals surface area (Å²) in [5.74, 6) is 0. The Balaban J connectivity index is 5.98. The maximum absolute atomic E-state index is 7.04. The van der Waals surface area contributed by atoms with Gasteiger partial charge in [0.2, 0.25) is 0 Å². The van der Waals surface area contributed by atoms with E-state index in [1.165, 1.54) is 0 Å². The van der Waals surface area contributed by atoms with Crippen LogP contribution in [0.3, 0.4) is 0 Å². The molecule has 0 aromatic carbocycles. The molecule has 0 unspecified atom stereocenters. The van der Waals surface area contributed by atoms with Gasteiger partial charge in [0.25, 0.3) is 0 Å². The van der Waals surface area contributed by atoms with E-state index >= 15 is 0 Å². The molecule has 0 spiro atoms. The Labute approximate surface area is 831 Å². The molecule has 130 heavy (non-hydrogen) atoms. The van der Waals surface area contributed by atoms with Gasteiger partial charge in [-0.3, -0.25) is 0 Å². The molecule has 0 fully saturated rings. The maximum atomic E-state index is 7.04. The molecule has 0 rings (SSSR count). The molecule has 0 aliphatic heterocycles. The van der Waals surface area contributed by atoms with E-state index in [-0.39, 0.29) is 0 Å². The summed E-state index contributed by atoms with van der Waals surface area (Å²) in [5.41, 5.74) is 0. The zero-order valence-corrected chi connectivity index (χ0v) is 127. The minimum Gasteiger partial charge on any atom is -0.440 e. The molecule has 32 nitrogen and oxygen atoms in total. The zero-order valence-electron chi connectivity index (χ0n) is 94.8. The Hall–Kier alpha value is 5.66. The Morgan fingerprint density at radius 2 is 0.169 bits per heavy atom. The van der Waals surface area contributed by atoms with Crippen LogP contribution in [0, 0.1) is 0 Å². The second kappa shape index (κ2) is 46.4. The molecule has 0 atom stereocenters. The average Bonchev–Trinajstić information content (AvgIpc) is 0.797. The predicted molar refractivity (Wildman–Crippen MR) is 606 cm³/mol. The largest absolute Gasteiger partial charge is 0.440 e. The van der Waals surface area contributed by atoms with Crippen molar-refractivity contribution in [1.29, 1.82) is 0 Å². The van der Waals surface area contributed by atoms with Crippen LogP contribution in [0.25, 0.3) is 0 Å². The first kappa shape index (κ1) is 136. The van der Waals surface area contributed by atoms with Crippen LogP contribution in [-0.2, 0) is 132 Å². The highest BCUT2D eigenvalue weighted by Gasteiger charge is 2.59. The van der Waals surface area contributed by atoms with E-state index in [2.05, 4.69) is 419 Å². The van der Waals surface area contributed by atoms with Crippen LogP contribution in [0.1, 0.15) is 6.92 Å². The fourth-order valence-corrected chi connectivity index (χ4v) is 183. The van der Waals surface area contributed by atoms with E-state index in [1.807, 2.05) is 6.92 Å². The van der Waals surface area contributed by atoms with Crippen molar-refractivity contribution in [1.82, 2.24) is 0 Å². The highest BCUT2D eigenvalue weighted by Crippen LogP contribution is 2.39. The molecule has 0 bridgehead atoms. The van der Waals surface area contributed by atoms with Crippen LogP contribution in [0.15, 0.2) is 0 Å². The van der Waals surface area contributed by atoms with E-state index in [1.54, 1.807) is 0 Å². The van der Waals surface area contributed by atoms with Gasteiger partial charge in [0.1, 0.15) is 0 Å². The van der Waals surface area contributed by atoms with Gasteiger partial charge in [0.05, 0.1) is 0 Å². The first-order valence-electron chi connectivity index (χ1n) is 46.0. The number of hydrogen-bond acceptors (Lipinski definition) is 32. The van der Waals surface area contributed by atoms with Crippen molar-refractivity contribution in [3.63, 3.8) is 0 Å². The molecule has 0 radical (unpaired) electrons. The van der Waals surface area contributed by atoms with Gasteiger partial charge >= 0.3 is 265 Å². The van der Waals surface area contributed by atoms with Gasteiger partial charge in [-0.25, -0.2) is 0 Å². The highest BCUT2D eigenvalue weighted by atomic mass is 28.6. The van der Waals surface area contributed by atoms with E-state index in [0.29, 0.717) is 6.61 Å². The monoisotopic (exact) mass is 2400 g/mol. The molecule has 0 aromatic heterocycles. The summed E-state index contributed by atoms with van der Waals surface area (Å²) in [6, 6.07) is 0. The molecular formula is C66H198O32Si32. The smallest absolute Gasteiger partial charge is 0.322 e. The van der Waals surface area contributed by atoms with Crippen LogP contribution in [0.4, 0.5) is 0 Å². The van der Waals surface area contributed by atoms with E-state index < -0.39 is 274 Å². The first-order valence-corrected chi connectivity index (χ1v) is 136. The van der Waals surface area contributed by atoms with Crippen molar-refractivity contribution in [2.45, 2.75) is 426 Å². The maximum Gasteiger partial charge on any atom is 0.322 e. The summed E-state index contributed by atoms with van der Waals surface area (Å²) < 4.78 is 221. The highest BCUT2D eigenvalue weighted by molar-refractivity contribution is 6.99. The first-order chi connectivity index (χ1) is 55.7. The van der Waals surface area contributed by atoms with Crippen molar-refractivity contribution in [2.75, 3.05) is 6.61 Å². The minimum atomic E-state index is -2.95. The van der Waals surface area contributed by atoms with E-state index in [0.717, 1.165) is 0 Å². The third-order valence-electron chi connectivity index (χ3n) is 15.8. The fourth-order valence-electron chi connectivity index (χ4n) is 19.3. The fraction of sp³-hybridized carbons (Fsp3) is 1.00. The van der Waals surface area contributed by atoms with Crippen LogP contribution in [0.2, 0.25) is 419 Å². The van der Waals surface area contributed by atoms with E-state index in [4.69, 9.17) is 132 Å². The SMILES string of the molecule is CCO[Si](C)(C)O[Si](C)(C)O[Si](C)(C)O[Si](C)(C)O[Si](C)(C)O[Si](C)(C)O[Si](C)(C)O[Si](C)(C)O[Si](C)(C)O[Si](C)(C)O[Si](C)(C)O[Si](C)(C)O[Si](C)(C)O[Si](C)(C)O[Si](C)(C)O[Si](C)(C)O[Si](C)(C)O[Si](C)(C)O[Si](C)(C)O[Si](C)(C)O[Si](C)(C)O[Si](C)(C)O[Si](C)(C)O[Si](C)(C)O[Si](C)(C)O[Si](C)(C)O[Si](C)(C)O[Si](C)(C)O[Si](C)(C)O[Si](C)(C)O[Si](C)(C)O[SiH](C)C. The molecule has 0 saturated heterocycles. The lowest BCUT2D eigenvalue weighted by Crippen LogP contribution is -2.63. The molecule has 0 aliphatic carbocycles. The van der Waals surface area contributed by atoms with Crippen molar-refractivity contribution in [3.8, 4) is 0 Å². The molecule has 0 amide bonds. The quantitative estimate of drug-likeness (QED) is 0.0511. The van der Waals surface area contributed by atoms with Gasteiger partial charge in [-0.15, -0.1) is 0 Å². The summed E-state index contributed by atoms with van der Waals surface area (Å²) in [4.78, 5) is 0. The molecule has 0 aliphatic rings. The molecule has 0 heterocycles. The topological polar surface area (TPSA) is 295 Å². The predicted octanol–water partition coefficient (Wildman–Crippen LogP) is 23.3. The standard InChI is InChI=1S/C66H198O32Si32/c1-66-67-100(4,5)69-102(8,9)71-104(12,13)73-106(16,17)75-108(20,21)77-110(24,25)79-112(28,29)81-114(32,33)83-116(36,37)85-118(40,41)87-120(44,45)89-122(48,49)91-124(52,53)93-126(56,57)95-128(60,61)97-130(64,65)98-129(62,63)96-127(58,59)94-125(54,55)92-123(50,51)90-121(46,47)88-119(42,43)86-117(38,39)84-115(34,35)82-113(30,31)80-111(26,27)78-109(22,23)76-107(18,19)74-105(14,15)72-103(10,11)70-101(6,7)68-99(2)3/h99H,66H2,1-65H3. The molecule has 0 saturated carbocycles. The average molecular weight is 2400 g/mol. The molecular weight excluding hydrogens is 2200 g/mol. The van der Waals surface area contributed by atoms with Crippen molar-refractivity contribution in [2.24, 2.45) is 0 Å². The van der Waals surface area contributed by atoms with Gasteiger partial charge in [0, 0.05) is 6.61 Å². The second-order valence-corrected chi connectivity index (χ2v) is 163.